The van der Waals surface area contributed by atoms with Crippen molar-refractivity contribution in [2.45, 2.75) is 69.5 Å². The van der Waals surface area contributed by atoms with Crippen LogP contribution in [0.15, 0.2) is 60.7 Å². The van der Waals surface area contributed by atoms with Gasteiger partial charge >= 0.3 is 12.2 Å². The molecule has 10 nitrogen and oxygen atoms in total. The highest BCUT2D eigenvalue weighted by molar-refractivity contribution is 5.68. The van der Waals surface area contributed by atoms with Gasteiger partial charge in [-0.25, -0.2) is 9.59 Å². The van der Waals surface area contributed by atoms with E-state index in [4.69, 9.17) is 9.47 Å². The minimum Gasteiger partial charge on any atom is -0.465 e. The fourth-order valence-electron chi connectivity index (χ4n) is 4.50. The molecule has 2 amide bonds. The predicted molar refractivity (Wildman–Crippen MR) is 147 cm³/mol. The lowest BCUT2D eigenvalue weighted by Gasteiger charge is -2.42. The van der Waals surface area contributed by atoms with Gasteiger partial charge in [-0.2, -0.15) is 0 Å². The van der Waals surface area contributed by atoms with E-state index in [1.165, 1.54) is 4.90 Å². The Labute approximate surface area is 229 Å². The number of amides is 2. The Morgan fingerprint density at radius 3 is 1.97 bits per heavy atom. The van der Waals surface area contributed by atoms with Crippen LogP contribution in [-0.2, 0) is 22.3 Å². The molecule has 0 radical (unpaired) electrons. The summed E-state index contributed by atoms with van der Waals surface area (Å²) in [7, 11) is 0. The Hall–Kier alpha value is -3.18. The van der Waals surface area contributed by atoms with E-state index in [0.717, 1.165) is 11.1 Å². The highest BCUT2D eigenvalue weighted by Crippen LogP contribution is 2.20. The molecule has 10 heteroatoms. The van der Waals surface area contributed by atoms with Gasteiger partial charge in [0, 0.05) is 13.1 Å². The molecule has 0 bridgehead atoms. The number of ether oxygens (including phenoxy) is 2. The zero-order chi connectivity index (χ0) is 28.4. The number of carbonyl (C=O) groups excluding carboxylic acids is 1. The lowest BCUT2D eigenvalue weighted by Crippen LogP contribution is -2.60. The van der Waals surface area contributed by atoms with Crippen molar-refractivity contribution >= 4 is 12.2 Å². The summed E-state index contributed by atoms with van der Waals surface area (Å²) in [6.45, 7) is 5.96. The van der Waals surface area contributed by atoms with Crippen molar-refractivity contribution in [2.24, 2.45) is 0 Å². The zero-order valence-corrected chi connectivity index (χ0v) is 22.8. The Bertz CT molecular complexity index is 1030. The molecule has 3 rings (SSSR count). The fraction of sp³-hybridized carbons (Fsp3) is 0.517. The summed E-state index contributed by atoms with van der Waals surface area (Å²) in [4.78, 5) is 25.9. The number of nitrogens with one attached hydrogen (secondary N) is 2. The van der Waals surface area contributed by atoms with Gasteiger partial charge in [0.2, 0.25) is 0 Å². The van der Waals surface area contributed by atoms with E-state index in [2.05, 4.69) is 10.6 Å². The smallest absolute Gasteiger partial charge is 0.408 e. The van der Waals surface area contributed by atoms with E-state index in [9.17, 15) is 24.9 Å². The molecule has 1 heterocycles. The second-order valence-electron chi connectivity index (χ2n) is 10.9. The number of hydrogen-bond acceptors (Lipinski definition) is 7. The molecule has 1 fully saturated rings. The highest BCUT2D eigenvalue weighted by Gasteiger charge is 2.38. The Morgan fingerprint density at radius 2 is 1.49 bits per heavy atom. The second-order valence-corrected chi connectivity index (χ2v) is 10.9. The summed E-state index contributed by atoms with van der Waals surface area (Å²) in [5.41, 5.74) is 1.14. The molecule has 4 atom stereocenters. The molecular weight excluding hydrogens is 502 g/mol. The standard InChI is InChI=1S/C29H41N3O7/c1-29(2,3)39-27(35)31-23(14-20-10-6-4-7-11-20)25(33)16-30-17-26(34)24(15-21-12-8-5-9-13-21)32(28(36)37)22-18-38-19-22/h4-13,22-26,30,33-34H,14-19H2,1-3H3,(H,31,35)(H,36,37)/t23-,24-,25+,26+/m0/s1. The largest absolute Gasteiger partial charge is 0.465 e. The lowest BCUT2D eigenvalue weighted by molar-refractivity contribution is -0.0845. The van der Waals surface area contributed by atoms with Crippen molar-refractivity contribution in [3.63, 3.8) is 0 Å². The van der Waals surface area contributed by atoms with E-state index >= 15 is 0 Å². The molecule has 0 aromatic heterocycles. The first-order valence-electron chi connectivity index (χ1n) is 13.3. The van der Waals surface area contributed by atoms with Crippen molar-refractivity contribution in [3.8, 4) is 0 Å². The molecule has 1 aliphatic heterocycles. The molecule has 0 spiro atoms. The number of nitrogens with zero attached hydrogens (tertiary/aromatic N) is 1. The second kappa shape index (κ2) is 14.3. The van der Waals surface area contributed by atoms with E-state index < -0.39 is 42.1 Å². The van der Waals surface area contributed by atoms with Crippen molar-refractivity contribution in [1.29, 1.82) is 0 Å². The molecule has 1 aliphatic rings. The normalized spacial score (nSPS) is 16.8. The number of aliphatic hydroxyl groups excluding tert-OH is 2. The maximum absolute atomic E-state index is 12.5. The Morgan fingerprint density at radius 1 is 0.949 bits per heavy atom. The van der Waals surface area contributed by atoms with Gasteiger partial charge in [0.05, 0.1) is 43.5 Å². The summed E-state index contributed by atoms with van der Waals surface area (Å²) in [5.74, 6) is 0. The minimum absolute atomic E-state index is 0.0381. The van der Waals surface area contributed by atoms with Crippen molar-refractivity contribution in [1.82, 2.24) is 15.5 Å². The molecule has 0 unspecified atom stereocenters. The summed E-state index contributed by atoms with van der Waals surface area (Å²) < 4.78 is 10.6. The number of carboxylic acid groups (broad SMARTS) is 1. The highest BCUT2D eigenvalue weighted by atomic mass is 16.6. The van der Waals surface area contributed by atoms with Gasteiger partial charge in [-0.1, -0.05) is 60.7 Å². The van der Waals surface area contributed by atoms with Crippen LogP contribution in [-0.4, -0.2) is 94.6 Å². The topological polar surface area (TPSA) is 141 Å². The van der Waals surface area contributed by atoms with Gasteiger partial charge in [-0.3, -0.25) is 4.90 Å². The number of carbonyl (C=O) groups is 2. The SMILES string of the molecule is CC(C)(C)OC(=O)N[C@@H](Cc1ccccc1)[C@H](O)CNC[C@@H](O)[C@H](Cc1ccccc1)N(C(=O)O)C1COC1. The lowest BCUT2D eigenvalue weighted by atomic mass is 9.97. The molecule has 214 valence electrons. The van der Waals surface area contributed by atoms with Crippen LogP contribution >= 0.6 is 0 Å². The molecule has 0 aliphatic carbocycles. The van der Waals surface area contributed by atoms with Crippen LogP contribution in [0.2, 0.25) is 0 Å². The van der Waals surface area contributed by atoms with Crippen LogP contribution in [0, 0.1) is 0 Å². The number of benzene rings is 2. The molecule has 2 aromatic carbocycles. The summed E-state index contributed by atoms with van der Waals surface area (Å²) >= 11 is 0. The van der Waals surface area contributed by atoms with Crippen molar-refractivity contribution in [3.05, 3.63) is 71.8 Å². The summed E-state index contributed by atoms with van der Waals surface area (Å²) in [6, 6.07) is 17.2. The first kappa shape index (κ1) is 30.4. The van der Waals surface area contributed by atoms with E-state index in [1.807, 2.05) is 60.7 Å². The van der Waals surface area contributed by atoms with Gasteiger partial charge in [0.25, 0.3) is 0 Å². The quantitative estimate of drug-likeness (QED) is 0.260. The van der Waals surface area contributed by atoms with Crippen LogP contribution < -0.4 is 10.6 Å². The van der Waals surface area contributed by atoms with E-state index in [1.54, 1.807) is 20.8 Å². The molecule has 1 saturated heterocycles. The number of hydrogen-bond donors (Lipinski definition) is 5. The molecule has 39 heavy (non-hydrogen) atoms. The zero-order valence-electron chi connectivity index (χ0n) is 22.8. The number of alkyl carbamates (subject to hydrolysis) is 1. The Kier molecular flexibility index (Phi) is 11.1. The maximum atomic E-state index is 12.5. The van der Waals surface area contributed by atoms with Crippen LogP contribution in [0.5, 0.6) is 0 Å². The van der Waals surface area contributed by atoms with Gasteiger partial charge < -0.3 is 35.4 Å². The molecule has 2 aromatic rings. The molecular formula is C29H41N3O7. The predicted octanol–water partition coefficient (Wildman–Crippen LogP) is 2.42. The van der Waals surface area contributed by atoms with Crippen molar-refractivity contribution in [2.75, 3.05) is 26.3 Å². The Balaban J connectivity index is 1.65. The van der Waals surface area contributed by atoms with Crippen molar-refractivity contribution < 1.29 is 34.4 Å². The third kappa shape index (κ3) is 9.81. The number of aliphatic hydroxyl groups is 2. The average Bonchev–Trinajstić information content (AvgIpc) is 2.84. The summed E-state index contributed by atoms with van der Waals surface area (Å²) in [5, 5.41) is 37.9. The summed E-state index contributed by atoms with van der Waals surface area (Å²) in [6.07, 6.45) is -3.12. The van der Waals surface area contributed by atoms with E-state index in [0.29, 0.717) is 12.8 Å². The fourth-order valence-corrected chi connectivity index (χ4v) is 4.50. The first-order chi connectivity index (χ1) is 18.5. The molecule has 0 saturated carbocycles. The first-order valence-corrected chi connectivity index (χ1v) is 13.3. The average molecular weight is 544 g/mol. The molecule has 5 N–H and O–H groups in total. The van der Waals surface area contributed by atoms with Gasteiger partial charge in [0.15, 0.2) is 0 Å². The third-order valence-corrected chi connectivity index (χ3v) is 6.50. The van der Waals surface area contributed by atoms with Crippen LogP contribution in [0.25, 0.3) is 0 Å². The van der Waals surface area contributed by atoms with E-state index in [-0.39, 0.29) is 32.3 Å². The maximum Gasteiger partial charge on any atom is 0.408 e. The minimum atomic E-state index is -1.12. The van der Waals surface area contributed by atoms with Crippen LogP contribution in [0.3, 0.4) is 0 Å². The van der Waals surface area contributed by atoms with Crippen LogP contribution in [0.4, 0.5) is 9.59 Å². The van der Waals surface area contributed by atoms with Gasteiger partial charge in [0.1, 0.15) is 5.60 Å². The number of rotatable bonds is 13. The van der Waals surface area contributed by atoms with Gasteiger partial charge in [-0.05, 0) is 44.7 Å². The monoisotopic (exact) mass is 543 g/mol. The van der Waals surface area contributed by atoms with Gasteiger partial charge in [-0.15, -0.1) is 0 Å². The van der Waals surface area contributed by atoms with Crippen LogP contribution in [0.1, 0.15) is 31.9 Å². The third-order valence-electron chi connectivity index (χ3n) is 6.50.